The van der Waals surface area contributed by atoms with Crippen molar-refractivity contribution in [2.24, 2.45) is 5.73 Å². The predicted octanol–water partition coefficient (Wildman–Crippen LogP) is 2.89. The lowest BCUT2D eigenvalue weighted by molar-refractivity contribution is 0.171. The summed E-state index contributed by atoms with van der Waals surface area (Å²) in [6.45, 7) is 3.21. The van der Waals surface area contributed by atoms with Crippen molar-refractivity contribution in [3.8, 4) is 11.5 Å². The first-order valence-corrected chi connectivity index (χ1v) is 7.81. The summed E-state index contributed by atoms with van der Waals surface area (Å²) >= 11 is 1.63. The quantitative estimate of drug-likeness (QED) is 0.941. The summed E-state index contributed by atoms with van der Waals surface area (Å²) < 4.78 is 11.2. The number of rotatable bonds is 4. The van der Waals surface area contributed by atoms with Crippen LogP contribution in [0.25, 0.3) is 0 Å². The Morgan fingerprint density at radius 1 is 1.24 bits per heavy atom. The average molecular weight is 302 g/mol. The second kappa shape index (κ2) is 6.37. The molecule has 0 aliphatic carbocycles. The molecule has 0 amide bonds. The Labute approximate surface area is 128 Å². The standard InChI is InChI=1S/C16H18N2O2S/c1-11(17)9-12-3-2-6-18-16(12)21-13-4-5-14-15(10-13)20-8-7-19-14/h2-6,10-11H,7-9,17H2,1H3. The van der Waals surface area contributed by atoms with Gasteiger partial charge in [0.25, 0.3) is 0 Å². The van der Waals surface area contributed by atoms with Gasteiger partial charge in [-0.15, -0.1) is 0 Å². The monoisotopic (exact) mass is 302 g/mol. The zero-order chi connectivity index (χ0) is 14.7. The van der Waals surface area contributed by atoms with Gasteiger partial charge in [0.2, 0.25) is 0 Å². The molecule has 1 unspecified atom stereocenters. The third kappa shape index (κ3) is 3.49. The van der Waals surface area contributed by atoms with Gasteiger partial charge in [-0.05, 0) is 43.2 Å². The molecule has 3 rings (SSSR count). The molecule has 5 heteroatoms. The molecule has 110 valence electrons. The van der Waals surface area contributed by atoms with Crippen molar-refractivity contribution in [2.75, 3.05) is 13.2 Å². The molecule has 0 saturated heterocycles. The molecule has 4 nitrogen and oxygen atoms in total. The molecule has 1 aliphatic heterocycles. The van der Waals surface area contributed by atoms with Crippen molar-refractivity contribution in [2.45, 2.75) is 29.3 Å². The van der Waals surface area contributed by atoms with Crippen LogP contribution in [-0.4, -0.2) is 24.2 Å². The first kappa shape index (κ1) is 14.2. The molecule has 1 aromatic heterocycles. The van der Waals surface area contributed by atoms with Gasteiger partial charge in [0, 0.05) is 17.1 Å². The summed E-state index contributed by atoms with van der Waals surface area (Å²) in [4.78, 5) is 5.56. The van der Waals surface area contributed by atoms with Crippen molar-refractivity contribution in [1.82, 2.24) is 4.98 Å². The van der Waals surface area contributed by atoms with Crippen LogP contribution in [0.4, 0.5) is 0 Å². The predicted molar refractivity (Wildman–Crippen MR) is 83.1 cm³/mol. The Kier molecular flexibility index (Phi) is 4.31. The molecular weight excluding hydrogens is 284 g/mol. The van der Waals surface area contributed by atoms with Gasteiger partial charge < -0.3 is 15.2 Å². The summed E-state index contributed by atoms with van der Waals surface area (Å²) in [5.41, 5.74) is 7.08. The SMILES string of the molecule is CC(N)Cc1cccnc1Sc1ccc2c(c1)OCCO2. The van der Waals surface area contributed by atoms with E-state index in [1.807, 2.05) is 37.4 Å². The Morgan fingerprint density at radius 2 is 2.05 bits per heavy atom. The number of ether oxygens (including phenoxy) is 2. The maximum absolute atomic E-state index is 5.90. The van der Waals surface area contributed by atoms with Crippen molar-refractivity contribution in [3.05, 3.63) is 42.1 Å². The molecule has 2 aromatic rings. The molecule has 2 N–H and O–H groups in total. The lowest BCUT2D eigenvalue weighted by atomic mass is 10.1. The van der Waals surface area contributed by atoms with Crippen molar-refractivity contribution in [1.29, 1.82) is 0 Å². The first-order valence-electron chi connectivity index (χ1n) is 6.99. The Balaban J connectivity index is 1.83. The molecule has 0 radical (unpaired) electrons. The van der Waals surface area contributed by atoms with E-state index in [4.69, 9.17) is 15.2 Å². The molecule has 1 aliphatic rings. The van der Waals surface area contributed by atoms with E-state index in [1.165, 1.54) is 5.56 Å². The third-order valence-corrected chi connectivity index (χ3v) is 4.17. The van der Waals surface area contributed by atoms with Gasteiger partial charge in [0.05, 0.1) is 0 Å². The number of hydrogen-bond acceptors (Lipinski definition) is 5. The van der Waals surface area contributed by atoms with Gasteiger partial charge in [0.15, 0.2) is 11.5 Å². The fourth-order valence-corrected chi connectivity index (χ4v) is 3.14. The topological polar surface area (TPSA) is 57.4 Å². The molecule has 0 bridgehead atoms. The van der Waals surface area contributed by atoms with Crippen LogP contribution in [0.1, 0.15) is 12.5 Å². The van der Waals surface area contributed by atoms with Gasteiger partial charge in [-0.3, -0.25) is 0 Å². The smallest absolute Gasteiger partial charge is 0.162 e. The van der Waals surface area contributed by atoms with Crippen molar-refractivity contribution >= 4 is 11.8 Å². The highest BCUT2D eigenvalue weighted by molar-refractivity contribution is 7.99. The molecular formula is C16H18N2O2S. The lowest BCUT2D eigenvalue weighted by Gasteiger charge is -2.19. The number of nitrogens with zero attached hydrogens (tertiary/aromatic N) is 1. The Bertz CT molecular complexity index is 631. The van der Waals surface area contributed by atoms with Crippen LogP contribution in [-0.2, 0) is 6.42 Å². The molecule has 0 fully saturated rings. The van der Waals surface area contributed by atoms with Crippen LogP contribution in [0, 0.1) is 0 Å². The summed E-state index contributed by atoms with van der Waals surface area (Å²) in [5, 5.41) is 0.992. The molecule has 21 heavy (non-hydrogen) atoms. The lowest BCUT2D eigenvalue weighted by Crippen LogP contribution is -2.18. The van der Waals surface area contributed by atoms with Crippen LogP contribution < -0.4 is 15.2 Å². The van der Waals surface area contributed by atoms with E-state index in [-0.39, 0.29) is 6.04 Å². The van der Waals surface area contributed by atoms with Crippen molar-refractivity contribution in [3.63, 3.8) is 0 Å². The van der Waals surface area contributed by atoms with E-state index in [0.717, 1.165) is 27.8 Å². The number of hydrogen-bond donors (Lipinski definition) is 1. The minimum Gasteiger partial charge on any atom is -0.486 e. The second-order valence-corrected chi connectivity index (χ2v) is 6.12. The first-order chi connectivity index (χ1) is 10.2. The van der Waals surface area contributed by atoms with E-state index in [1.54, 1.807) is 11.8 Å². The van der Waals surface area contributed by atoms with Gasteiger partial charge >= 0.3 is 0 Å². The number of fused-ring (bicyclic) bond motifs is 1. The van der Waals surface area contributed by atoms with Crippen LogP contribution in [0.15, 0.2) is 46.5 Å². The maximum Gasteiger partial charge on any atom is 0.162 e. The zero-order valence-corrected chi connectivity index (χ0v) is 12.7. The van der Waals surface area contributed by atoms with E-state index < -0.39 is 0 Å². The highest BCUT2D eigenvalue weighted by atomic mass is 32.2. The Morgan fingerprint density at radius 3 is 2.86 bits per heavy atom. The molecule has 2 heterocycles. The molecule has 0 spiro atoms. The van der Waals surface area contributed by atoms with Gasteiger partial charge in [-0.25, -0.2) is 4.98 Å². The normalized spacial score (nSPS) is 14.8. The molecule has 1 aromatic carbocycles. The number of benzene rings is 1. The zero-order valence-electron chi connectivity index (χ0n) is 11.9. The summed E-state index contributed by atoms with van der Waals surface area (Å²) in [6.07, 6.45) is 2.63. The van der Waals surface area contributed by atoms with E-state index >= 15 is 0 Å². The Hall–Kier alpha value is -1.72. The minimum atomic E-state index is 0.119. The van der Waals surface area contributed by atoms with E-state index in [2.05, 4.69) is 11.1 Å². The van der Waals surface area contributed by atoms with E-state index in [0.29, 0.717) is 13.2 Å². The summed E-state index contributed by atoms with van der Waals surface area (Å²) in [5.74, 6) is 1.61. The van der Waals surface area contributed by atoms with Crippen LogP contribution in [0.5, 0.6) is 11.5 Å². The second-order valence-electron chi connectivity index (χ2n) is 5.06. The minimum absolute atomic E-state index is 0.119. The van der Waals surface area contributed by atoms with E-state index in [9.17, 15) is 0 Å². The number of aromatic nitrogens is 1. The molecule has 1 atom stereocenters. The highest BCUT2D eigenvalue weighted by Crippen LogP contribution is 2.37. The van der Waals surface area contributed by atoms with Gasteiger partial charge in [0.1, 0.15) is 18.2 Å². The van der Waals surface area contributed by atoms with Crippen LogP contribution in [0.3, 0.4) is 0 Å². The number of pyridine rings is 1. The van der Waals surface area contributed by atoms with Crippen LogP contribution >= 0.6 is 11.8 Å². The molecule has 0 saturated carbocycles. The summed E-state index contributed by atoms with van der Waals surface area (Å²) in [7, 11) is 0. The highest BCUT2D eigenvalue weighted by Gasteiger charge is 2.13. The van der Waals surface area contributed by atoms with Crippen LogP contribution in [0.2, 0.25) is 0 Å². The maximum atomic E-state index is 5.90. The number of nitrogens with two attached hydrogens (primary N) is 1. The largest absolute Gasteiger partial charge is 0.486 e. The van der Waals surface area contributed by atoms with Crippen molar-refractivity contribution < 1.29 is 9.47 Å². The summed E-state index contributed by atoms with van der Waals surface area (Å²) in [6, 6.07) is 10.1. The average Bonchev–Trinajstić information content (AvgIpc) is 2.49. The third-order valence-electron chi connectivity index (χ3n) is 3.12. The van der Waals surface area contributed by atoms with Gasteiger partial charge in [-0.1, -0.05) is 17.8 Å². The van der Waals surface area contributed by atoms with Gasteiger partial charge in [-0.2, -0.15) is 0 Å². The fraction of sp³-hybridized carbons (Fsp3) is 0.312. The fourth-order valence-electron chi connectivity index (χ4n) is 2.22.